The van der Waals surface area contributed by atoms with Gasteiger partial charge in [-0.15, -0.1) is 0 Å². The maximum atomic E-state index is 14.8. The van der Waals surface area contributed by atoms with Crippen LogP contribution in [0.4, 0.5) is 14.9 Å². The Morgan fingerprint density at radius 2 is 2.10 bits per heavy atom. The third-order valence-corrected chi connectivity index (χ3v) is 5.11. The molecule has 2 amide bonds. The van der Waals surface area contributed by atoms with Gasteiger partial charge in [0.2, 0.25) is 5.91 Å². The molecule has 7 nitrogen and oxygen atoms in total. The Morgan fingerprint density at radius 1 is 1.31 bits per heavy atom. The predicted octanol–water partition coefficient (Wildman–Crippen LogP) is 3.13. The zero-order chi connectivity index (χ0) is 21.0. The molecule has 9 heteroatoms. The topological polar surface area (TPSA) is 88.6 Å². The number of hydrogen-bond donors (Lipinski definition) is 1. The van der Waals surface area contributed by atoms with Crippen LogP contribution < -0.4 is 10.2 Å². The van der Waals surface area contributed by atoms with Crippen LogP contribution in [0.1, 0.15) is 19.5 Å². The largest absolute Gasteiger partial charge is 0.442 e. The number of hydrogen-bond acceptors (Lipinski definition) is 6. The van der Waals surface area contributed by atoms with Crippen molar-refractivity contribution in [2.75, 3.05) is 18.0 Å². The molecule has 0 bridgehead atoms. The van der Waals surface area contributed by atoms with Crippen molar-refractivity contribution in [2.24, 2.45) is 0 Å². The zero-order valence-electron chi connectivity index (χ0n) is 16.0. The van der Waals surface area contributed by atoms with Gasteiger partial charge in [-0.1, -0.05) is 11.8 Å². The summed E-state index contributed by atoms with van der Waals surface area (Å²) in [7, 11) is 0. The van der Waals surface area contributed by atoms with Gasteiger partial charge in [0.15, 0.2) is 5.12 Å². The van der Waals surface area contributed by atoms with Crippen LogP contribution in [-0.2, 0) is 20.1 Å². The normalized spacial score (nSPS) is 15.9. The van der Waals surface area contributed by atoms with Crippen molar-refractivity contribution in [3.05, 3.63) is 48.0 Å². The van der Waals surface area contributed by atoms with Crippen LogP contribution in [0.3, 0.4) is 0 Å². The van der Waals surface area contributed by atoms with Crippen molar-refractivity contribution in [1.29, 1.82) is 0 Å². The highest BCUT2D eigenvalue weighted by molar-refractivity contribution is 8.12. The van der Waals surface area contributed by atoms with E-state index < -0.39 is 18.0 Å². The van der Waals surface area contributed by atoms with Crippen LogP contribution in [0, 0.1) is 5.82 Å². The number of nitrogens with one attached hydrogen (secondary N) is 1. The van der Waals surface area contributed by atoms with E-state index in [9.17, 15) is 18.8 Å². The number of anilines is 1. The van der Waals surface area contributed by atoms with Crippen molar-refractivity contribution < 1.29 is 23.5 Å². The van der Waals surface area contributed by atoms with Gasteiger partial charge in [-0.25, -0.2) is 9.18 Å². The van der Waals surface area contributed by atoms with Gasteiger partial charge in [0.25, 0.3) is 0 Å². The highest BCUT2D eigenvalue weighted by atomic mass is 32.2. The maximum absolute atomic E-state index is 14.8. The number of benzene rings is 1. The number of pyridine rings is 1. The maximum Gasteiger partial charge on any atom is 0.414 e. The number of amides is 2. The molecule has 0 saturated carbocycles. The smallest absolute Gasteiger partial charge is 0.414 e. The summed E-state index contributed by atoms with van der Waals surface area (Å²) in [5.74, 6) is -0.289. The molecule has 1 aromatic carbocycles. The highest BCUT2D eigenvalue weighted by Gasteiger charge is 2.32. The molecule has 1 N–H and O–H groups in total. The number of cyclic esters (lactones) is 1. The second-order valence-electron chi connectivity index (χ2n) is 6.53. The highest BCUT2D eigenvalue weighted by Crippen LogP contribution is 2.29. The molecular formula is C20H20FN3O4S. The lowest BCUT2D eigenvalue weighted by Crippen LogP contribution is -2.33. The summed E-state index contributed by atoms with van der Waals surface area (Å²) in [6.07, 6.45) is 0.499. The van der Waals surface area contributed by atoms with Crippen LogP contribution >= 0.6 is 11.8 Å². The summed E-state index contributed by atoms with van der Waals surface area (Å²) in [5, 5.41) is 2.59. The van der Waals surface area contributed by atoms with E-state index in [2.05, 4.69) is 10.3 Å². The summed E-state index contributed by atoms with van der Waals surface area (Å²) in [4.78, 5) is 39.8. The number of halogens is 1. The molecule has 2 heterocycles. The van der Waals surface area contributed by atoms with Crippen LogP contribution in [0.25, 0.3) is 11.1 Å². The van der Waals surface area contributed by atoms with Gasteiger partial charge in [0.05, 0.1) is 24.5 Å². The van der Waals surface area contributed by atoms with Gasteiger partial charge in [-0.05, 0) is 35.9 Å². The molecule has 29 heavy (non-hydrogen) atoms. The van der Waals surface area contributed by atoms with E-state index in [4.69, 9.17) is 4.74 Å². The first-order chi connectivity index (χ1) is 13.8. The number of nitrogens with zero attached hydrogens (tertiary/aromatic N) is 2. The lowest BCUT2D eigenvalue weighted by molar-refractivity contribution is -0.119. The second kappa shape index (κ2) is 9.04. The van der Waals surface area contributed by atoms with Gasteiger partial charge >= 0.3 is 6.09 Å². The number of carbonyl (C=O) groups excluding carboxylic acids is 3. The van der Waals surface area contributed by atoms with Crippen LogP contribution in [0.5, 0.6) is 0 Å². The Balaban J connectivity index is 1.75. The van der Waals surface area contributed by atoms with E-state index in [0.717, 1.165) is 11.8 Å². The molecule has 0 spiro atoms. The summed E-state index contributed by atoms with van der Waals surface area (Å²) < 4.78 is 20.0. The van der Waals surface area contributed by atoms with Crippen molar-refractivity contribution in [3.63, 3.8) is 0 Å². The van der Waals surface area contributed by atoms with Crippen LogP contribution in [0.15, 0.2) is 36.5 Å². The number of rotatable bonds is 6. The molecule has 1 saturated heterocycles. The number of aromatic nitrogens is 1. The fraction of sp³-hybridized carbons (Fsp3) is 0.300. The first-order valence-electron chi connectivity index (χ1n) is 8.94. The number of carbonyl (C=O) groups is 3. The molecule has 0 unspecified atom stereocenters. The molecule has 1 fully saturated rings. The SMILES string of the molecule is CC(=O)NC[C@H]1CN(c2ccc(-c3ccnc(CSC(C)=O)c3)c(F)c2)C(=O)O1. The van der Waals surface area contributed by atoms with Gasteiger partial charge in [0, 0.05) is 31.4 Å². The average Bonchev–Trinajstić information content (AvgIpc) is 3.05. The standard InChI is InChI=1S/C20H20FN3O4S/c1-12(25)23-9-17-10-24(20(27)28-17)16-3-4-18(19(21)8-16)14-5-6-22-15(7-14)11-29-13(2)26/h3-8,17H,9-11H2,1-2H3,(H,23,25)/t17-/m0/s1. The zero-order valence-corrected chi connectivity index (χ0v) is 16.8. The molecule has 1 aliphatic heterocycles. The Hall–Kier alpha value is -2.94. The molecule has 1 aromatic heterocycles. The molecule has 2 aromatic rings. The van der Waals surface area contributed by atoms with Crippen LogP contribution in [-0.4, -0.2) is 41.3 Å². The Kier molecular flexibility index (Phi) is 6.48. The minimum Gasteiger partial charge on any atom is -0.442 e. The van der Waals surface area contributed by atoms with E-state index >= 15 is 0 Å². The lowest BCUT2D eigenvalue weighted by Gasteiger charge is -2.14. The molecule has 152 valence electrons. The Labute approximate surface area is 171 Å². The van der Waals surface area contributed by atoms with Crippen molar-refractivity contribution in [1.82, 2.24) is 10.3 Å². The molecule has 1 aliphatic rings. The second-order valence-corrected chi connectivity index (χ2v) is 7.69. The van der Waals surface area contributed by atoms with Gasteiger partial charge in [0.1, 0.15) is 11.9 Å². The van der Waals surface area contributed by atoms with Crippen molar-refractivity contribution >= 4 is 34.6 Å². The summed E-state index contributed by atoms with van der Waals surface area (Å²) >= 11 is 1.14. The molecular weight excluding hydrogens is 397 g/mol. The Morgan fingerprint density at radius 3 is 2.79 bits per heavy atom. The monoisotopic (exact) mass is 417 g/mol. The summed E-state index contributed by atoms with van der Waals surface area (Å²) in [6, 6.07) is 7.94. The van der Waals surface area contributed by atoms with Crippen molar-refractivity contribution in [2.45, 2.75) is 25.7 Å². The first kappa shape index (κ1) is 20.8. The fourth-order valence-electron chi connectivity index (χ4n) is 2.90. The van der Waals surface area contributed by atoms with Crippen LogP contribution in [0.2, 0.25) is 0 Å². The minimum atomic E-state index is -0.583. The summed E-state index contributed by atoms with van der Waals surface area (Å²) in [6.45, 7) is 3.29. The van der Waals surface area contributed by atoms with E-state index in [-0.39, 0.29) is 24.1 Å². The third-order valence-electron chi connectivity index (χ3n) is 4.27. The van der Waals surface area contributed by atoms with E-state index in [1.807, 2.05) is 0 Å². The van der Waals surface area contributed by atoms with Gasteiger partial charge in [-0.2, -0.15) is 0 Å². The summed E-state index contributed by atoms with van der Waals surface area (Å²) in [5.41, 5.74) is 2.06. The van der Waals surface area contributed by atoms with E-state index in [0.29, 0.717) is 28.3 Å². The molecule has 0 radical (unpaired) electrons. The lowest BCUT2D eigenvalue weighted by atomic mass is 10.0. The fourth-order valence-corrected chi connectivity index (χ4v) is 3.41. The van der Waals surface area contributed by atoms with Gasteiger partial charge in [-0.3, -0.25) is 19.5 Å². The number of thioether (sulfide) groups is 1. The average molecular weight is 417 g/mol. The van der Waals surface area contributed by atoms with Crippen molar-refractivity contribution in [3.8, 4) is 11.1 Å². The van der Waals surface area contributed by atoms with E-state index in [1.54, 1.807) is 30.5 Å². The number of ether oxygens (including phenoxy) is 1. The molecule has 0 aliphatic carbocycles. The quantitative estimate of drug-likeness (QED) is 0.777. The molecule has 3 rings (SSSR count). The first-order valence-corrected chi connectivity index (χ1v) is 9.93. The minimum absolute atomic E-state index is 0.0120. The predicted molar refractivity (Wildman–Crippen MR) is 108 cm³/mol. The van der Waals surface area contributed by atoms with Gasteiger partial charge < -0.3 is 10.1 Å². The Bertz CT molecular complexity index is 953. The molecule has 1 atom stereocenters. The van der Waals surface area contributed by atoms with E-state index in [1.165, 1.54) is 24.8 Å². The third kappa shape index (κ3) is 5.32.